The van der Waals surface area contributed by atoms with Gasteiger partial charge < -0.3 is 4.74 Å². The molecule has 1 aliphatic rings. The molecule has 2 aromatic heterocycles. The quantitative estimate of drug-likeness (QED) is 0.868. The van der Waals surface area contributed by atoms with Crippen LogP contribution in [-0.2, 0) is 17.8 Å². The molecule has 1 fully saturated rings. The lowest BCUT2D eigenvalue weighted by molar-refractivity contribution is -0.0402. The highest BCUT2D eigenvalue weighted by Gasteiger charge is 2.22. The average Bonchev–Trinajstić information content (AvgIpc) is 2.96. The van der Waals surface area contributed by atoms with Gasteiger partial charge in [-0.3, -0.25) is 9.58 Å². The molecule has 1 saturated heterocycles. The lowest BCUT2D eigenvalue weighted by Gasteiger charge is -2.32. The van der Waals surface area contributed by atoms with Crippen LogP contribution in [0.4, 0.5) is 0 Å². The molecular weight excluding hydrogens is 284 g/mol. The topological polar surface area (TPSA) is 43.2 Å². The van der Waals surface area contributed by atoms with Gasteiger partial charge in [0.05, 0.1) is 30.0 Å². The summed E-state index contributed by atoms with van der Waals surface area (Å²) < 4.78 is 7.96. The first-order valence-electron chi connectivity index (χ1n) is 7.36. The standard InChI is InChI=1S/C15H22N4OS/c1-11-6-12(2)19(17-11)9-14-8-18(4-5-20-14)10-15-7-16-13(3)21-15/h6-7,14H,4-5,8-10H2,1-3H3. The zero-order chi connectivity index (χ0) is 14.8. The van der Waals surface area contributed by atoms with Crippen LogP contribution < -0.4 is 0 Å². The summed E-state index contributed by atoms with van der Waals surface area (Å²) in [6, 6.07) is 2.11. The summed E-state index contributed by atoms with van der Waals surface area (Å²) in [7, 11) is 0. The predicted octanol–water partition coefficient (Wildman–Crippen LogP) is 2.17. The summed E-state index contributed by atoms with van der Waals surface area (Å²) >= 11 is 1.78. The first-order chi connectivity index (χ1) is 10.1. The number of thiazole rings is 1. The van der Waals surface area contributed by atoms with Crippen LogP contribution >= 0.6 is 11.3 Å². The molecule has 0 amide bonds. The van der Waals surface area contributed by atoms with Crippen LogP contribution in [0.15, 0.2) is 12.3 Å². The number of ether oxygens (including phenoxy) is 1. The smallest absolute Gasteiger partial charge is 0.0898 e. The second-order valence-corrected chi connectivity index (χ2v) is 7.00. The first-order valence-corrected chi connectivity index (χ1v) is 8.18. The molecule has 5 nitrogen and oxygen atoms in total. The Bertz CT molecular complexity index is 607. The van der Waals surface area contributed by atoms with Crippen LogP contribution in [0.25, 0.3) is 0 Å². The Kier molecular flexibility index (Phi) is 4.37. The second-order valence-electron chi connectivity index (χ2n) is 5.68. The fourth-order valence-corrected chi connectivity index (χ4v) is 3.62. The Balaban J connectivity index is 1.59. The Morgan fingerprint density at radius 1 is 1.38 bits per heavy atom. The Hall–Kier alpha value is -1.24. The third-order valence-corrected chi connectivity index (χ3v) is 4.65. The minimum Gasteiger partial charge on any atom is -0.374 e. The van der Waals surface area contributed by atoms with Crippen molar-refractivity contribution in [2.24, 2.45) is 0 Å². The molecule has 114 valence electrons. The van der Waals surface area contributed by atoms with Gasteiger partial charge in [-0.2, -0.15) is 5.10 Å². The molecule has 3 heterocycles. The van der Waals surface area contributed by atoms with Gasteiger partial charge in [0.15, 0.2) is 0 Å². The minimum absolute atomic E-state index is 0.214. The SMILES string of the molecule is Cc1cc(C)n(CC2CN(Cc3cnc(C)s3)CCO2)n1. The van der Waals surface area contributed by atoms with E-state index >= 15 is 0 Å². The van der Waals surface area contributed by atoms with Crippen LogP contribution in [0.2, 0.25) is 0 Å². The van der Waals surface area contributed by atoms with E-state index in [1.54, 1.807) is 11.3 Å². The van der Waals surface area contributed by atoms with Crippen molar-refractivity contribution in [2.45, 2.75) is 40.0 Å². The molecule has 1 unspecified atom stereocenters. The van der Waals surface area contributed by atoms with Crippen molar-refractivity contribution in [1.82, 2.24) is 19.7 Å². The van der Waals surface area contributed by atoms with Gasteiger partial charge in [0, 0.05) is 36.4 Å². The van der Waals surface area contributed by atoms with E-state index in [4.69, 9.17) is 4.74 Å². The van der Waals surface area contributed by atoms with E-state index in [0.29, 0.717) is 0 Å². The molecule has 0 radical (unpaired) electrons. The number of aromatic nitrogens is 3. The average molecular weight is 306 g/mol. The zero-order valence-corrected chi connectivity index (χ0v) is 13.7. The maximum absolute atomic E-state index is 5.90. The zero-order valence-electron chi connectivity index (χ0n) is 12.9. The summed E-state index contributed by atoms with van der Waals surface area (Å²) in [5, 5.41) is 5.66. The first kappa shape index (κ1) is 14.7. The maximum Gasteiger partial charge on any atom is 0.0898 e. The number of aryl methyl sites for hydroxylation is 3. The highest BCUT2D eigenvalue weighted by atomic mass is 32.1. The summed E-state index contributed by atoms with van der Waals surface area (Å²) in [6.45, 7) is 10.7. The van der Waals surface area contributed by atoms with Crippen molar-refractivity contribution in [3.8, 4) is 0 Å². The fraction of sp³-hybridized carbons (Fsp3) is 0.600. The predicted molar refractivity (Wildman–Crippen MR) is 83.6 cm³/mol. The van der Waals surface area contributed by atoms with Crippen molar-refractivity contribution in [3.63, 3.8) is 0 Å². The van der Waals surface area contributed by atoms with E-state index < -0.39 is 0 Å². The molecule has 1 atom stereocenters. The summed E-state index contributed by atoms with van der Waals surface area (Å²) in [5.74, 6) is 0. The molecule has 6 heteroatoms. The van der Waals surface area contributed by atoms with E-state index in [1.807, 2.05) is 13.1 Å². The molecule has 0 bridgehead atoms. The van der Waals surface area contributed by atoms with Gasteiger partial charge in [-0.1, -0.05) is 0 Å². The van der Waals surface area contributed by atoms with Crippen LogP contribution in [0, 0.1) is 20.8 Å². The van der Waals surface area contributed by atoms with E-state index in [-0.39, 0.29) is 6.10 Å². The largest absolute Gasteiger partial charge is 0.374 e. The summed E-state index contributed by atoms with van der Waals surface area (Å²) in [6.07, 6.45) is 2.21. The van der Waals surface area contributed by atoms with E-state index in [9.17, 15) is 0 Å². The van der Waals surface area contributed by atoms with Gasteiger partial charge in [0.2, 0.25) is 0 Å². The molecule has 0 aromatic carbocycles. The second kappa shape index (κ2) is 6.25. The van der Waals surface area contributed by atoms with Gasteiger partial charge in [0.25, 0.3) is 0 Å². The number of hydrogen-bond donors (Lipinski definition) is 0. The molecule has 1 aliphatic heterocycles. The van der Waals surface area contributed by atoms with E-state index in [0.717, 1.165) is 43.5 Å². The molecule has 21 heavy (non-hydrogen) atoms. The van der Waals surface area contributed by atoms with E-state index in [1.165, 1.54) is 10.6 Å². The Morgan fingerprint density at radius 3 is 2.90 bits per heavy atom. The lowest BCUT2D eigenvalue weighted by Crippen LogP contribution is -2.43. The molecule has 0 N–H and O–H groups in total. The fourth-order valence-electron chi connectivity index (χ4n) is 2.79. The summed E-state index contributed by atoms with van der Waals surface area (Å²) in [5.41, 5.74) is 2.27. The number of morpholine rings is 1. The van der Waals surface area contributed by atoms with Crippen molar-refractivity contribution in [2.75, 3.05) is 19.7 Å². The van der Waals surface area contributed by atoms with Gasteiger partial charge in [-0.05, 0) is 26.8 Å². The minimum atomic E-state index is 0.214. The lowest BCUT2D eigenvalue weighted by atomic mass is 10.2. The van der Waals surface area contributed by atoms with Crippen LogP contribution in [0.3, 0.4) is 0 Å². The highest BCUT2D eigenvalue weighted by Crippen LogP contribution is 2.17. The Morgan fingerprint density at radius 2 is 2.24 bits per heavy atom. The highest BCUT2D eigenvalue weighted by molar-refractivity contribution is 7.11. The van der Waals surface area contributed by atoms with Crippen LogP contribution in [-0.4, -0.2) is 45.5 Å². The van der Waals surface area contributed by atoms with Crippen molar-refractivity contribution in [1.29, 1.82) is 0 Å². The van der Waals surface area contributed by atoms with Gasteiger partial charge >= 0.3 is 0 Å². The van der Waals surface area contributed by atoms with Crippen molar-refractivity contribution >= 4 is 11.3 Å². The normalized spacial score (nSPS) is 20.0. The van der Waals surface area contributed by atoms with Crippen molar-refractivity contribution in [3.05, 3.63) is 33.5 Å². The maximum atomic E-state index is 5.90. The molecule has 0 aliphatic carbocycles. The van der Waals surface area contributed by atoms with Gasteiger partial charge in [-0.15, -0.1) is 11.3 Å². The van der Waals surface area contributed by atoms with Crippen LogP contribution in [0.5, 0.6) is 0 Å². The third-order valence-electron chi connectivity index (χ3n) is 3.75. The summed E-state index contributed by atoms with van der Waals surface area (Å²) in [4.78, 5) is 8.11. The van der Waals surface area contributed by atoms with Crippen molar-refractivity contribution < 1.29 is 4.74 Å². The van der Waals surface area contributed by atoms with E-state index in [2.05, 4.69) is 39.6 Å². The Labute approximate surface area is 129 Å². The number of nitrogens with zero attached hydrogens (tertiary/aromatic N) is 4. The molecule has 2 aromatic rings. The molecule has 3 rings (SSSR count). The molecule has 0 saturated carbocycles. The van der Waals surface area contributed by atoms with Gasteiger partial charge in [-0.25, -0.2) is 4.98 Å². The molecule has 0 spiro atoms. The monoisotopic (exact) mass is 306 g/mol. The van der Waals surface area contributed by atoms with Crippen LogP contribution in [0.1, 0.15) is 21.3 Å². The number of hydrogen-bond acceptors (Lipinski definition) is 5. The molecular formula is C15H22N4OS. The number of rotatable bonds is 4. The third kappa shape index (κ3) is 3.70. The van der Waals surface area contributed by atoms with Gasteiger partial charge in [0.1, 0.15) is 0 Å².